The van der Waals surface area contributed by atoms with Crippen molar-refractivity contribution < 1.29 is 4.39 Å². The molecule has 0 aliphatic rings. The molecular formula is C18H17FN2. The molecule has 0 aliphatic carbocycles. The Morgan fingerprint density at radius 1 is 1.10 bits per heavy atom. The first-order chi connectivity index (χ1) is 10.1. The molecule has 0 saturated carbocycles. The molecule has 0 fully saturated rings. The maximum Gasteiger partial charge on any atom is 0.123 e. The summed E-state index contributed by atoms with van der Waals surface area (Å²) in [7, 11) is 0. The Labute approximate surface area is 123 Å². The predicted molar refractivity (Wildman–Crippen MR) is 83.4 cm³/mol. The van der Waals surface area contributed by atoms with Crippen LogP contribution in [-0.4, -0.2) is 4.98 Å². The minimum absolute atomic E-state index is 0.230. The molecule has 0 bridgehead atoms. The molecule has 2 aromatic carbocycles. The Balaban J connectivity index is 2.01. The van der Waals surface area contributed by atoms with Gasteiger partial charge >= 0.3 is 0 Å². The fourth-order valence-electron chi connectivity index (χ4n) is 2.73. The van der Waals surface area contributed by atoms with Crippen molar-refractivity contribution in [1.29, 1.82) is 0 Å². The van der Waals surface area contributed by atoms with Gasteiger partial charge in [0.05, 0.1) is 0 Å². The lowest BCUT2D eigenvalue weighted by atomic mass is 9.84. The third kappa shape index (κ3) is 2.78. The van der Waals surface area contributed by atoms with E-state index in [2.05, 4.69) is 11.1 Å². The van der Waals surface area contributed by atoms with Gasteiger partial charge in [0.2, 0.25) is 0 Å². The summed E-state index contributed by atoms with van der Waals surface area (Å²) in [6, 6.07) is 14.6. The van der Waals surface area contributed by atoms with E-state index in [-0.39, 0.29) is 5.82 Å². The number of nitrogens with zero attached hydrogens (tertiary/aromatic N) is 1. The first kappa shape index (κ1) is 13.7. The number of nitrogens with two attached hydrogens (primary N) is 1. The van der Waals surface area contributed by atoms with Gasteiger partial charge in [-0.3, -0.25) is 4.98 Å². The predicted octanol–water partition coefficient (Wildman–Crippen LogP) is 3.79. The molecule has 0 saturated heterocycles. The largest absolute Gasteiger partial charge is 0.321 e. The molecule has 1 atom stereocenters. The van der Waals surface area contributed by atoms with Crippen LogP contribution in [-0.2, 0) is 12.0 Å². The molecule has 3 aromatic rings. The topological polar surface area (TPSA) is 38.9 Å². The molecular weight excluding hydrogens is 263 g/mol. The molecule has 2 nitrogen and oxygen atoms in total. The van der Waals surface area contributed by atoms with Crippen LogP contribution in [0.25, 0.3) is 10.8 Å². The molecule has 1 heterocycles. The molecule has 1 unspecified atom stereocenters. The van der Waals surface area contributed by atoms with Crippen LogP contribution in [0.2, 0.25) is 0 Å². The zero-order valence-corrected chi connectivity index (χ0v) is 11.9. The van der Waals surface area contributed by atoms with Gasteiger partial charge in [-0.05, 0) is 48.1 Å². The molecule has 0 amide bonds. The average Bonchev–Trinajstić information content (AvgIpc) is 2.49. The number of hydrogen-bond donors (Lipinski definition) is 1. The molecule has 21 heavy (non-hydrogen) atoms. The van der Waals surface area contributed by atoms with E-state index in [0.29, 0.717) is 6.42 Å². The van der Waals surface area contributed by atoms with Gasteiger partial charge in [0.25, 0.3) is 0 Å². The van der Waals surface area contributed by atoms with E-state index in [1.807, 2.05) is 31.3 Å². The summed E-state index contributed by atoms with van der Waals surface area (Å²) in [5.74, 6) is -0.230. The Bertz CT molecular complexity index is 758. The van der Waals surface area contributed by atoms with Crippen LogP contribution in [0, 0.1) is 5.82 Å². The number of rotatable bonds is 3. The van der Waals surface area contributed by atoms with E-state index >= 15 is 0 Å². The van der Waals surface area contributed by atoms with Crippen molar-refractivity contribution in [2.75, 3.05) is 0 Å². The summed E-state index contributed by atoms with van der Waals surface area (Å²) >= 11 is 0. The van der Waals surface area contributed by atoms with Gasteiger partial charge in [0.15, 0.2) is 0 Å². The van der Waals surface area contributed by atoms with Gasteiger partial charge in [0.1, 0.15) is 5.82 Å². The van der Waals surface area contributed by atoms with E-state index in [0.717, 1.165) is 21.9 Å². The third-order valence-electron chi connectivity index (χ3n) is 3.78. The Kier molecular flexibility index (Phi) is 3.43. The van der Waals surface area contributed by atoms with Crippen molar-refractivity contribution in [3.8, 4) is 0 Å². The zero-order valence-electron chi connectivity index (χ0n) is 11.9. The van der Waals surface area contributed by atoms with Crippen molar-refractivity contribution in [1.82, 2.24) is 4.98 Å². The number of aromatic nitrogens is 1. The van der Waals surface area contributed by atoms with Crippen molar-refractivity contribution in [2.24, 2.45) is 5.73 Å². The van der Waals surface area contributed by atoms with Gasteiger partial charge in [-0.25, -0.2) is 4.39 Å². The average molecular weight is 280 g/mol. The molecule has 1 aromatic heterocycles. The molecule has 2 N–H and O–H groups in total. The summed E-state index contributed by atoms with van der Waals surface area (Å²) < 4.78 is 13.0. The molecule has 0 spiro atoms. The van der Waals surface area contributed by atoms with Crippen LogP contribution < -0.4 is 5.73 Å². The lowest BCUT2D eigenvalue weighted by Gasteiger charge is -2.27. The molecule has 3 heteroatoms. The normalized spacial score (nSPS) is 14.0. The Morgan fingerprint density at radius 2 is 1.86 bits per heavy atom. The number of halogens is 1. The fourth-order valence-corrected chi connectivity index (χ4v) is 2.73. The van der Waals surface area contributed by atoms with Crippen LogP contribution in [0.3, 0.4) is 0 Å². The van der Waals surface area contributed by atoms with Crippen molar-refractivity contribution in [3.05, 3.63) is 77.9 Å². The third-order valence-corrected chi connectivity index (χ3v) is 3.78. The van der Waals surface area contributed by atoms with Crippen molar-refractivity contribution in [3.63, 3.8) is 0 Å². The van der Waals surface area contributed by atoms with Crippen molar-refractivity contribution in [2.45, 2.75) is 18.9 Å². The van der Waals surface area contributed by atoms with Crippen LogP contribution >= 0.6 is 0 Å². The summed E-state index contributed by atoms with van der Waals surface area (Å²) in [5, 5.41) is 2.19. The minimum atomic E-state index is -0.541. The number of fused-ring (bicyclic) bond motifs is 1. The van der Waals surface area contributed by atoms with E-state index in [9.17, 15) is 4.39 Å². The fraction of sp³-hybridized carbons (Fsp3) is 0.167. The van der Waals surface area contributed by atoms with Gasteiger partial charge in [-0.15, -0.1) is 0 Å². The van der Waals surface area contributed by atoms with Crippen LogP contribution in [0.15, 0.2) is 60.9 Å². The lowest BCUT2D eigenvalue weighted by Crippen LogP contribution is -2.35. The second-order valence-electron chi connectivity index (χ2n) is 5.62. The summed E-state index contributed by atoms with van der Waals surface area (Å²) in [6.07, 6.45) is 4.27. The quantitative estimate of drug-likeness (QED) is 0.792. The first-order valence-electron chi connectivity index (χ1n) is 6.93. The van der Waals surface area contributed by atoms with Crippen LogP contribution in [0.5, 0.6) is 0 Å². The second-order valence-corrected chi connectivity index (χ2v) is 5.62. The van der Waals surface area contributed by atoms with E-state index in [1.54, 1.807) is 18.3 Å². The molecule has 106 valence electrons. The number of benzene rings is 2. The highest BCUT2D eigenvalue weighted by atomic mass is 19.1. The Hall–Kier alpha value is -2.26. The highest BCUT2D eigenvalue weighted by Crippen LogP contribution is 2.29. The smallest absolute Gasteiger partial charge is 0.123 e. The Morgan fingerprint density at radius 3 is 2.62 bits per heavy atom. The maximum atomic E-state index is 13.0. The number of hydrogen-bond acceptors (Lipinski definition) is 2. The number of pyridine rings is 1. The van der Waals surface area contributed by atoms with Crippen molar-refractivity contribution >= 4 is 10.8 Å². The summed E-state index contributed by atoms with van der Waals surface area (Å²) in [5.41, 5.74) is 8.08. The summed E-state index contributed by atoms with van der Waals surface area (Å²) in [6.45, 7) is 2.00. The summed E-state index contributed by atoms with van der Waals surface area (Å²) in [4.78, 5) is 4.20. The van der Waals surface area contributed by atoms with E-state index in [4.69, 9.17) is 5.73 Å². The van der Waals surface area contributed by atoms with E-state index in [1.165, 1.54) is 12.1 Å². The standard InChI is InChI=1S/C18H17FN2/c1-18(20,11-13-5-7-15(19)8-6-13)17-4-2-3-14-9-10-21-12-16(14)17/h2-10,12H,11,20H2,1H3. The SMILES string of the molecule is CC(N)(Cc1ccc(F)cc1)c1cccc2ccncc12. The lowest BCUT2D eigenvalue weighted by molar-refractivity contribution is 0.495. The highest BCUT2D eigenvalue weighted by molar-refractivity contribution is 5.85. The highest BCUT2D eigenvalue weighted by Gasteiger charge is 2.23. The van der Waals surface area contributed by atoms with Gasteiger partial charge in [-0.1, -0.05) is 30.3 Å². The first-order valence-corrected chi connectivity index (χ1v) is 6.93. The van der Waals surface area contributed by atoms with E-state index < -0.39 is 5.54 Å². The minimum Gasteiger partial charge on any atom is -0.321 e. The van der Waals surface area contributed by atoms with Crippen LogP contribution in [0.1, 0.15) is 18.1 Å². The molecule has 3 rings (SSSR count). The second kappa shape index (κ2) is 5.26. The monoisotopic (exact) mass is 280 g/mol. The van der Waals surface area contributed by atoms with Gasteiger partial charge in [0, 0.05) is 23.3 Å². The van der Waals surface area contributed by atoms with Gasteiger partial charge in [-0.2, -0.15) is 0 Å². The van der Waals surface area contributed by atoms with Gasteiger partial charge < -0.3 is 5.73 Å². The molecule has 0 aliphatic heterocycles. The zero-order chi connectivity index (χ0) is 14.9. The molecule has 0 radical (unpaired) electrons. The maximum absolute atomic E-state index is 13.0. The van der Waals surface area contributed by atoms with Crippen LogP contribution in [0.4, 0.5) is 4.39 Å².